The van der Waals surface area contributed by atoms with Gasteiger partial charge in [-0.2, -0.15) is 0 Å². The summed E-state index contributed by atoms with van der Waals surface area (Å²) in [5.74, 6) is -0.240. The first kappa shape index (κ1) is 18.2. The van der Waals surface area contributed by atoms with Gasteiger partial charge in [0.2, 0.25) is 0 Å². The second-order valence-electron chi connectivity index (χ2n) is 6.62. The van der Waals surface area contributed by atoms with Gasteiger partial charge in [0, 0.05) is 30.4 Å². The van der Waals surface area contributed by atoms with Crippen molar-refractivity contribution in [2.24, 2.45) is 7.05 Å². The first-order chi connectivity index (χ1) is 13.5. The lowest BCUT2D eigenvalue weighted by Crippen LogP contribution is -2.35. The van der Waals surface area contributed by atoms with Crippen molar-refractivity contribution in [3.63, 3.8) is 0 Å². The van der Waals surface area contributed by atoms with Crippen LogP contribution in [-0.2, 0) is 13.5 Å². The van der Waals surface area contributed by atoms with Crippen molar-refractivity contribution in [2.45, 2.75) is 29.4 Å². The largest absolute Gasteiger partial charge is 0.311 e. The average molecular weight is 395 g/mol. The number of aromatic nitrogens is 3. The molecule has 4 rings (SSSR count). The molecule has 0 spiro atoms. The molecule has 0 bridgehead atoms. The van der Waals surface area contributed by atoms with Gasteiger partial charge in [-0.05, 0) is 48.9 Å². The zero-order valence-electron chi connectivity index (χ0n) is 15.3. The number of rotatable bonds is 4. The van der Waals surface area contributed by atoms with Crippen molar-refractivity contribution in [3.8, 4) is 0 Å². The molecule has 1 aromatic heterocycles. The number of para-hydroxylation sites is 1. The van der Waals surface area contributed by atoms with Crippen LogP contribution in [0.4, 0.5) is 11.4 Å². The van der Waals surface area contributed by atoms with Crippen LogP contribution in [0, 0.1) is 10.1 Å². The molecule has 0 radical (unpaired) electrons. The summed E-state index contributed by atoms with van der Waals surface area (Å²) in [7, 11) is 1.76. The summed E-state index contributed by atoms with van der Waals surface area (Å²) in [4.78, 5) is 26.4. The third-order valence-corrected chi connectivity index (χ3v) is 5.82. The van der Waals surface area contributed by atoms with Gasteiger partial charge in [-0.15, -0.1) is 10.2 Å². The van der Waals surface area contributed by atoms with Crippen LogP contribution in [0.2, 0.25) is 0 Å². The molecule has 2 aromatic carbocycles. The minimum Gasteiger partial charge on any atom is -0.311 e. The van der Waals surface area contributed by atoms with Gasteiger partial charge < -0.3 is 9.47 Å². The Morgan fingerprint density at radius 1 is 1.29 bits per heavy atom. The van der Waals surface area contributed by atoms with E-state index < -0.39 is 4.92 Å². The van der Waals surface area contributed by atoms with Gasteiger partial charge in [-0.3, -0.25) is 14.9 Å². The van der Waals surface area contributed by atoms with Gasteiger partial charge in [0.1, 0.15) is 6.33 Å². The van der Waals surface area contributed by atoms with E-state index in [4.69, 9.17) is 0 Å². The number of nitro benzene ring substituents is 1. The number of aryl methyl sites for hydroxylation is 1. The maximum Gasteiger partial charge on any atom is 0.284 e. The summed E-state index contributed by atoms with van der Waals surface area (Å²) in [6, 6.07) is 12.3. The molecule has 9 heteroatoms. The molecule has 1 aliphatic heterocycles. The predicted octanol–water partition coefficient (Wildman–Crippen LogP) is 3.47. The van der Waals surface area contributed by atoms with Crippen molar-refractivity contribution < 1.29 is 9.72 Å². The van der Waals surface area contributed by atoms with Gasteiger partial charge in [0.05, 0.1) is 9.82 Å². The molecule has 1 unspecified atom stereocenters. The Morgan fingerprint density at radius 2 is 2.07 bits per heavy atom. The SMILES string of the molecule is CC1Cc2ccccc2N1C(=O)c1ccc(Sc2nncn2C)c([N+](=O)[O-])c1. The van der Waals surface area contributed by atoms with E-state index >= 15 is 0 Å². The molecular weight excluding hydrogens is 378 g/mol. The molecule has 1 atom stereocenters. The van der Waals surface area contributed by atoms with Crippen LogP contribution < -0.4 is 4.90 Å². The lowest BCUT2D eigenvalue weighted by atomic mass is 10.1. The number of benzene rings is 2. The molecule has 0 saturated carbocycles. The molecule has 142 valence electrons. The third-order valence-electron chi connectivity index (χ3n) is 4.70. The Hall–Kier alpha value is -3.20. The molecule has 28 heavy (non-hydrogen) atoms. The van der Waals surface area contributed by atoms with E-state index in [1.807, 2.05) is 31.2 Å². The highest BCUT2D eigenvalue weighted by molar-refractivity contribution is 7.99. The molecule has 3 aromatic rings. The van der Waals surface area contributed by atoms with Crippen molar-refractivity contribution in [1.29, 1.82) is 0 Å². The number of hydrogen-bond acceptors (Lipinski definition) is 6. The highest BCUT2D eigenvalue weighted by atomic mass is 32.2. The van der Waals surface area contributed by atoms with E-state index in [0.29, 0.717) is 10.1 Å². The van der Waals surface area contributed by atoms with Gasteiger partial charge in [0.15, 0.2) is 5.16 Å². The third kappa shape index (κ3) is 3.13. The first-order valence-corrected chi connectivity index (χ1v) is 9.49. The molecule has 1 amide bonds. The maximum absolute atomic E-state index is 13.1. The molecule has 0 fully saturated rings. The maximum atomic E-state index is 13.1. The van der Waals surface area contributed by atoms with E-state index in [1.165, 1.54) is 12.4 Å². The fourth-order valence-electron chi connectivity index (χ4n) is 3.36. The predicted molar refractivity (Wildman–Crippen MR) is 105 cm³/mol. The van der Waals surface area contributed by atoms with E-state index in [9.17, 15) is 14.9 Å². The summed E-state index contributed by atoms with van der Waals surface area (Å²) in [6.07, 6.45) is 2.29. The van der Waals surface area contributed by atoms with Crippen molar-refractivity contribution >= 4 is 29.0 Å². The number of nitrogens with zero attached hydrogens (tertiary/aromatic N) is 5. The van der Waals surface area contributed by atoms with Crippen LogP contribution in [0.3, 0.4) is 0 Å². The standard InChI is InChI=1S/C19H17N5O3S/c1-12-9-13-5-3-4-6-15(13)23(12)18(25)14-7-8-17(16(10-14)24(26)27)28-19-21-20-11-22(19)2/h3-8,10-12H,9H2,1-2H3. The molecule has 1 aliphatic rings. The normalized spacial score (nSPS) is 15.5. The first-order valence-electron chi connectivity index (χ1n) is 8.67. The minimum atomic E-state index is -0.475. The fourth-order valence-corrected chi connectivity index (χ4v) is 4.21. The Morgan fingerprint density at radius 3 is 2.79 bits per heavy atom. The zero-order valence-corrected chi connectivity index (χ0v) is 16.1. The fraction of sp³-hybridized carbons (Fsp3) is 0.211. The molecule has 8 nitrogen and oxygen atoms in total. The Bertz CT molecular complexity index is 1080. The molecular formula is C19H17N5O3S. The van der Waals surface area contributed by atoms with Gasteiger partial charge in [-0.1, -0.05) is 18.2 Å². The van der Waals surface area contributed by atoms with Crippen LogP contribution in [0.15, 0.2) is 58.8 Å². The van der Waals surface area contributed by atoms with Crippen LogP contribution in [0.25, 0.3) is 0 Å². The second kappa shape index (κ2) is 7.08. The number of anilines is 1. The number of fused-ring (bicyclic) bond motifs is 1. The van der Waals surface area contributed by atoms with Crippen LogP contribution >= 0.6 is 11.8 Å². The molecule has 2 heterocycles. The van der Waals surface area contributed by atoms with Gasteiger partial charge in [-0.25, -0.2) is 0 Å². The van der Waals surface area contributed by atoms with Crippen molar-refractivity contribution in [3.05, 3.63) is 70.0 Å². The van der Waals surface area contributed by atoms with E-state index in [0.717, 1.165) is 29.4 Å². The molecule has 0 aliphatic carbocycles. The van der Waals surface area contributed by atoms with E-state index in [-0.39, 0.29) is 23.2 Å². The van der Waals surface area contributed by atoms with E-state index in [1.54, 1.807) is 28.6 Å². The smallest absolute Gasteiger partial charge is 0.284 e. The van der Waals surface area contributed by atoms with E-state index in [2.05, 4.69) is 10.2 Å². The molecule has 0 N–H and O–H groups in total. The lowest BCUT2D eigenvalue weighted by Gasteiger charge is -2.22. The topological polar surface area (TPSA) is 94.2 Å². The highest BCUT2D eigenvalue weighted by Gasteiger charge is 2.32. The number of amides is 1. The highest BCUT2D eigenvalue weighted by Crippen LogP contribution is 2.36. The van der Waals surface area contributed by atoms with Crippen LogP contribution in [0.5, 0.6) is 0 Å². The average Bonchev–Trinajstić information content (AvgIpc) is 3.23. The van der Waals surface area contributed by atoms with Crippen molar-refractivity contribution in [2.75, 3.05) is 4.90 Å². The Kier molecular flexibility index (Phi) is 4.60. The summed E-state index contributed by atoms with van der Waals surface area (Å²) < 4.78 is 1.68. The monoisotopic (exact) mass is 395 g/mol. The van der Waals surface area contributed by atoms with Gasteiger partial charge in [0.25, 0.3) is 11.6 Å². The minimum absolute atomic E-state index is 0.00310. The second-order valence-corrected chi connectivity index (χ2v) is 7.63. The van der Waals surface area contributed by atoms with Crippen LogP contribution in [0.1, 0.15) is 22.8 Å². The number of nitro groups is 1. The van der Waals surface area contributed by atoms with Crippen molar-refractivity contribution in [1.82, 2.24) is 14.8 Å². The summed E-state index contributed by atoms with van der Waals surface area (Å²) in [5, 5.41) is 19.9. The number of hydrogen-bond donors (Lipinski definition) is 0. The van der Waals surface area contributed by atoms with Gasteiger partial charge >= 0.3 is 0 Å². The lowest BCUT2D eigenvalue weighted by molar-refractivity contribution is -0.387. The Balaban J connectivity index is 1.69. The number of carbonyl (C=O) groups is 1. The molecule has 0 saturated heterocycles. The quantitative estimate of drug-likeness (QED) is 0.496. The summed E-state index contributed by atoms with van der Waals surface area (Å²) >= 11 is 1.14. The number of carbonyl (C=O) groups excluding carboxylic acids is 1. The van der Waals surface area contributed by atoms with Crippen LogP contribution in [-0.4, -0.2) is 31.6 Å². The zero-order chi connectivity index (χ0) is 19.8. The summed E-state index contributed by atoms with van der Waals surface area (Å²) in [5.41, 5.74) is 2.13. The summed E-state index contributed by atoms with van der Waals surface area (Å²) in [6.45, 7) is 1.98. The Labute approximate surface area is 165 Å².